The number of alkyl halides is 1. The number of benzene rings is 1. The molecular weight excluding hydrogens is 476 g/mol. The third-order valence-corrected chi connectivity index (χ3v) is 8.06. The van der Waals surface area contributed by atoms with Gasteiger partial charge >= 0.3 is 0 Å². The van der Waals surface area contributed by atoms with Crippen molar-refractivity contribution >= 4 is 15.9 Å². The Hall–Kier alpha value is -3.31. The lowest BCUT2D eigenvalue weighted by Gasteiger charge is -2.23. The van der Waals surface area contributed by atoms with Crippen LogP contribution in [0.1, 0.15) is 36.6 Å². The molecule has 2 atom stereocenters. The van der Waals surface area contributed by atoms with Gasteiger partial charge in [-0.15, -0.1) is 0 Å². The molecule has 0 bridgehead atoms. The Balaban J connectivity index is 1.27. The topological polar surface area (TPSA) is 105 Å². The molecule has 2 aromatic heterocycles. The lowest BCUT2D eigenvalue weighted by molar-refractivity contribution is -0.124. The van der Waals surface area contributed by atoms with Gasteiger partial charge < -0.3 is 5.32 Å². The highest BCUT2D eigenvalue weighted by Gasteiger charge is 2.44. The molecule has 1 N–H and O–H groups in total. The molecule has 0 radical (unpaired) electrons. The SMILES string of the molecule is O=C(NCc1cc(-c2ccc(C3CC3)nc2)ncn1)C1CC(F)CN1S(=O)(=O)c1ccc(F)cc1. The van der Waals surface area contributed by atoms with Crippen molar-refractivity contribution in [3.63, 3.8) is 0 Å². The zero-order valence-electron chi connectivity index (χ0n) is 18.6. The first kappa shape index (κ1) is 23.4. The summed E-state index contributed by atoms with van der Waals surface area (Å²) in [5.74, 6) is -0.681. The Bertz CT molecular complexity index is 1330. The van der Waals surface area contributed by atoms with Gasteiger partial charge in [0.05, 0.1) is 22.8 Å². The number of carbonyl (C=O) groups is 1. The van der Waals surface area contributed by atoms with E-state index in [-0.39, 0.29) is 17.9 Å². The van der Waals surface area contributed by atoms with E-state index in [0.717, 1.165) is 52.7 Å². The van der Waals surface area contributed by atoms with Gasteiger partial charge in [0.2, 0.25) is 15.9 Å². The van der Waals surface area contributed by atoms with Crippen LogP contribution in [-0.2, 0) is 21.4 Å². The number of aromatic nitrogens is 3. The number of nitrogens with one attached hydrogen (secondary N) is 1. The van der Waals surface area contributed by atoms with Crippen molar-refractivity contribution in [3.8, 4) is 11.3 Å². The first-order chi connectivity index (χ1) is 16.8. The van der Waals surface area contributed by atoms with Gasteiger partial charge in [0.1, 0.15) is 24.4 Å². The molecule has 3 heterocycles. The number of hydrogen-bond acceptors (Lipinski definition) is 6. The van der Waals surface area contributed by atoms with Crippen molar-refractivity contribution in [1.29, 1.82) is 0 Å². The fourth-order valence-electron chi connectivity index (χ4n) is 4.13. The van der Waals surface area contributed by atoms with E-state index in [1.54, 1.807) is 12.3 Å². The molecule has 5 rings (SSSR count). The zero-order chi connectivity index (χ0) is 24.6. The van der Waals surface area contributed by atoms with E-state index in [4.69, 9.17) is 0 Å². The lowest BCUT2D eigenvalue weighted by Crippen LogP contribution is -2.45. The fourth-order valence-corrected chi connectivity index (χ4v) is 5.75. The Morgan fingerprint density at radius 3 is 2.54 bits per heavy atom. The smallest absolute Gasteiger partial charge is 0.243 e. The van der Waals surface area contributed by atoms with Crippen LogP contribution < -0.4 is 5.32 Å². The van der Waals surface area contributed by atoms with Crippen molar-refractivity contribution in [2.45, 2.75) is 48.8 Å². The van der Waals surface area contributed by atoms with E-state index in [1.807, 2.05) is 12.1 Å². The molecule has 11 heteroatoms. The van der Waals surface area contributed by atoms with Gasteiger partial charge in [0.25, 0.3) is 0 Å². The van der Waals surface area contributed by atoms with E-state index in [2.05, 4.69) is 20.3 Å². The zero-order valence-corrected chi connectivity index (χ0v) is 19.5. The molecule has 3 aromatic rings. The predicted octanol–water partition coefficient (Wildman–Crippen LogP) is 2.97. The first-order valence-corrected chi connectivity index (χ1v) is 12.7. The van der Waals surface area contributed by atoms with Crippen molar-refractivity contribution in [2.75, 3.05) is 6.54 Å². The van der Waals surface area contributed by atoms with Gasteiger partial charge in [0, 0.05) is 36.3 Å². The molecule has 182 valence electrons. The van der Waals surface area contributed by atoms with Crippen LogP contribution in [0.5, 0.6) is 0 Å². The molecule has 1 saturated carbocycles. The van der Waals surface area contributed by atoms with Crippen LogP contribution >= 0.6 is 0 Å². The highest BCUT2D eigenvalue weighted by atomic mass is 32.2. The van der Waals surface area contributed by atoms with Gasteiger partial charge in [0.15, 0.2) is 0 Å². The molecule has 35 heavy (non-hydrogen) atoms. The Morgan fingerprint density at radius 2 is 1.86 bits per heavy atom. The summed E-state index contributed by atoms with van der Waals surface area (Å²) in [6.45, 7) is -0.431. The third-order valence-electron chi connectivity index (χ3n) is 6.17. The van der Waals surface area contributed by atoms with Crippen LogP contribution in [0.15, 0.2) is 59.9 Å². The lowest BCUT2D eigenvalue weighted by atomic mass is 10.1. The molecule has 1 aliphatic carbocycles. The standard InChI is InChI=1S/C24H23F2N5O3S/c25-17-4-6-20(7-5-17)35(33,34)31-13-18(26)9-23(31)24(32)28-12-19-10-22(30-14-29-19)16-3-8-21(27-11-16)15-1-2-15/h3-8,10-11,14-15,18,23H,1-2,9,12-13H2,(H,28,32). The average Bonchev–Trinajstić information content (AvgIpc) is 3.64. The summed E-state index contributed by atoms with van der Waals surface area (Å²) >= 11 is 0. The van der Waals surface area contributed by atoms with Gasteiger partial charge in [-0.3, -0.25) is 9.78 Å². The van der Waals surface area contributed by atoms with Gasteiger partial charge in [-0.05, 0) is 55.3 Å². The number of hydrogen-bond donors (Lipinski definition) is 1. The van der Waals surface area contributed by atoms with Crippen LogP contribution in [0.2, 0.25) is 0 Å². The van der Waals surface area contributed by atoms with Crippen LogP contribution in [0.25, 0.3) is 11.3 Å². The predicted molar refractivity (Wildman–Crippen MR) is 123 cm³/mol. The van der Waals surface area contributed by atoms with Crippen molar-refractivity contribution < 1.29 is 22.0 Å². The number of halogens is 2. The quantitative estimate of drug-likeness (QED) is 0.536. The summed E-state index contributed by atoms with van der Waals surface area (Å²) in [5, 5.41) is 2.66. The molecule has 8 nitrogen and oxygen atoms in total. The molecule has 1 aromatic carbocycles. The van der Waals surface area contributed by atoms with Crippen LogP contribution in [0.4, 0.5) is 8.78 Å². The van der Waals surface area contributed by atoms with E-state index < -0.39 is 40.5 Å². The second-order valence-electron chi connectivity index (χ2n) is 8.74. The summed E-state index contributed by atoms with van der Waals surface area (Å²) < 4.78 is 54.2. The van der Waals surface area contributed by atoms with Gasteiger partial charge in [-0.1, -0.05) is 0 Å². The maximum atomic E-state index is 14.2. The van der Waals surface area contributed by atoms with Gasteiger partial charge in [-0.2, -0.15) is 4.31 Å². The molecule has 1 saturated heterocycles. The summed E-state index contributed by atoms with van der Waals surface area (Å²) in [7, 11) is -4.18. The molecule has 1 amide bonds. The average molecular weight is 500 g/mol. The van der Waals surface area contributed by atoms with Crippen LogP contribution in [0, 0.1) is 5.82 Å². The van der Waals surface area contributed by atoms with Crippen molar-refractivity contribution in [2.24, 2.45) is 0 Å². The first-order valence-electron chi connectivity index (χ1n) is 11.3. The number of amides is 1. The number of carbonyl (C=O) groups excluding carboxylic acids is 1. The third kappa shape index (κ3) is 5.06. The minimum atomic E-state index is -4.18. The minimum Gasteiger partial charge on any atom is -0.349 e. The highest BCUT2D eigenvalue weighted by Crippen LogP contribution is 2.39. The number of rotatable bonds is 7. The fraction of sp³-hybridized carbons (Fsp3) is 0.333. The monoisotopic (exact) mass is 499 g/mol. The maximum Gasteiger partial charge on any atom is 0.243 e. The minimum absolute atomic E-state index is 0.0137. The molecular formula is C24H23F2N5O3S. The number of pyridine rings is 1. The number of nitrogens with zero attached hydrogens (tertiary/aromatic N) is 4. The normalized spacial score (nSPS) is 20.6. The van der Waals surface area contributed by atoms with Gasteiger partial charge in [-0.25, -0.2) is 27.2 Å². The van der Waals surface area contributed by atoms with Crippen molar-refractivity contribution in [3.05, 3.63) is 72.2 Å². The summed E-state index contributed by atoms with van der Waals surface area (Å²) in [6.07, 6.45) is 3.71. The van der Waals surface area contributed by atoms with Crippen molar-refractivity contribution in [1.82, 2.24) is 24.6 Å². The molecule has 1 aliphatic heterocycles. The molecule has 2 aliphatic rings. The van der Waals surface area contributed by atoms with E-state index in [9.17, 15) is 22.0 Å². The van der Waals surface area contributed by atoms with E-state index in [0.29, 0.717) is 17.3 Å². The Kier molecular flexibility index (Phi) is 6.28. The van der Waals surface area contributed by atoms with Crippen LogP contribution in [0.3, 0.4) is 0 Å². The summed E-state index contributed by atoms with van der Waals surface area (Å²) in [5.41, 5.74) is 3.04. The second-order valence-corrected chi connectivity index (χ2v) is 10.6. The van der Waals surface area contributed by atoms with E-state index in [1.165, 1.54) is 6.33 Å². The second kappa shape index (κ2) is 9.38. The molecule has 2 unspecified atom stereocenters. The molecule has 2 fully saturated rings. The molecule has 0 spiro atoms. The Morgan fingerprint density at radius 1 is 1.09 bits per heavy atom. The largest absolute Gasteiger partial charge is 0.349 e. The summed E-state index contributed by atoms with van der Waals surface area (Å²) in [4.78, 5) is 25.6. The van der Waals surface area contributed by atoms with Crippen LogP contribution in [-0.4, -0.2) is 52.3 Å². The Labute approximate surface area is 201 Å². The maximum absolute atomic E-state index is 14.2. The number of sulfonamides is 1. The summed E-state index contributed by atoms with van der Waals surface area (Å²) in [6, 6.07) is 8.64. The highest BCUT2D eigenvalue weighted by molar-refractivity contribution is 7.89. The van der Waals surface area contributed by atoms with E-state index >= 15 is 0 Å².